The standard InChI is InChI=1S/C11H14BrNO.ClH/c1-2-3-4-10(13)9-6-5-8(12)7-11(9)14;/h2,5-7,10,14H,1,3-4,13H2;1H/t10-;/m0./s1. The molecule has 0 fully saturated rings. The molecule has 15 heavy (non-hydrogen) atoms. The molecule has 0 amide bonds. The Morgan fingerprint density at radius 3 is 2.73 bits per heavy atom. The van der Waals surface area contributed by atoms with Gasteiger partial charge in [0.25, 0.3) is 0 Å². The van der Waals surface area contributed by atoms with Gasteiger partial charge in [0.15, 0.2) is 0 Å². The molecular weight excluding hydrogens is 277 g/mol. The van der Waals surface area contributed by atoms with E-state index in [4.69, 9.17) is 5.73 Å². The number of hydrogen-bond donors (Lipinski definition) is 2. The van der Waals surface area contributed by atoms with Crippen molar-refractivity contribution in [3.63, 3.8) is 0 Å². The van der Waals surface area contributed by atoms with Gasteiger partial charge in [-0.3, -0.25) is 0 Å². The molecule has 1 aromatic rings. The second-order valence-corrected chi connectivity index (χ2v) is 4.09. The van der Waals surface area contributed by atoms with Crippen LogP contribution in [0.4, 0.5) is 0 Å². The van der Waals surface area contributed by atoms with Crippen LogP contribution in [0.1, 0.15) is 24.4 Å². The molecule has 0 aromatic heterocycles. The molecule has 0 heterocycles. The van der Waals surface area contributed by atoms with Crippen LogP contribution < -0.4 is 5.73 Å². The van der Waals surface area contributed by atoms with E-state index in [1.54, 1.807) is 6.07 Å². The van der Waals surface area contributed by atoms with Gasteiger partial charge in [0.05, 0.1) is 0 Å². The van der Waals surface area contributed by atoms with Crippen LogP contribution in [-0.4, -0.2) is 5.11 Å². The number of phenolic OH excluding ortho intramolecular Hbond substituents is 1. The number of halogens is 2. The fourth-order valence-electron chi connectivity index (χ4n) is 1.28. The SMILES string of the molecule is C=CCC[C@H](N)c1ccc(Br)cc1O.Cl. The molecular formula is C11H15BrClNO. The van der Waals surface area contributed by atoms with Gasteiger partial charge in [-0.05, 0) is 25.0 Å². The van der Waals surface area contributed by atoms with Crippen LogP contribution in [-0.2, 0) is 0 Å². The summed E-state index contributed by atoms with van der Waals surface area (Å²) in [7, 11) is 0. The average molecular weight is 293 g/mol. The highest BCUT2D eigenvalue weighted by molar-refractivity contribution is 9.10. The van der Waals surface area contributed by atoms with Gasteiger partial charge in [-0.15, -0.1) is 19.0 Å². The minimum absolute atomic E-state index is 0. The van der Waals surface area contributed by atoms with Crippen LogP contribution in [0, 0.1) is 0 Å². The van der Waals surface area contributed by atoms with Gasteiger partial charge in [0.1, 0.15) is 5.75 Å². The number of benzene rings is 1. The number of aromatic hydroxyl groups is 1. The van der Waals surface area contributed by atoms with Crippen LogP contribution in [0.3, 0.4) is 0 Å². The monoisotopic (exact) mass is 291 g/mol. The molecule has 0 saturated heterocycles. The Hall–Kier alpha value is -0.510. The number of phenols is 1. The van der Waals surface area contributed by atoms with E-state index in [0.29, 0.717) is 0 Å². The fraction of sp³-hybridized carbons (Fsp3) is 0.273. The summed E-state index contributed by atoms with van der Waals surface area (Å²) >= 11 is 3.28. The first-order chi connectivity index (χ1) is 6.65. The molecule has 1 atom stereocenters. The lowest BCUT2D eigenvalue weighted by Gasteiger charge is -2.12. The molecule has 0 aliphatic heterocycles. The summed E-state index contributed by atoms with van der Waals surface area (Å²) in [5, 5.41) is 9.63. The molecule has 2 nitrogen and oxygen atoms in total. The Labute approximate surface area is 105 Å². The molecule has 0 unspecified atom stereocenters. The Kier molecular flexibility index (Phi) is 6.65. The van der Waals surface area contributed by atoms with Crippen LogP contribution >= 0.6 is 28.3 Å². The second-order valence-electron chi connectivity index (χ2n) is 3.18. The number of hydrogen-bond acceptors (Lipinski definition) is 2. The smallest absolute Gasteiger partial charge is 0.121 e. The summed E-state index contributed by atoms with van der Waals surface area (Å²) in [5.74, 6) is 0.246. The molecule has 0 aliphatic rings. The van der Waals surface area contributed by atoms with Gasteiger partial charge in [0, 0.05) is 16.1 Å². The van der Waals surface area contributed by atoms with Crippen LogP contribution in [0.5, 0.6) is 5.75 Å². The quantitative estimate of drug-likeness (QED) is 0.834. The lowest BCUT2D eigenvalue weighted by molar-refractivity contribution is 0.458. The van der Waals surface area contributed by atoms with Crippen LogP contribution in [0.2, 0.25) is 0 Å². The van der Waals surface area contributed by atoms with Crippen molar-refractivity contribution in [2.45, 2.75) is 18.9 Å². The van der Waals surface area contributed by atoms with E-state index < -0.39 is 0 Å². The maximum atomic E-state index is 9.63. The zero-order valence-electron chi connectivity index (χ0n) is 8.32. The fourth-order valence-corrected chi connectivity index (χ4v) is 1.63. The van der Waals surface area contributed by atoms with Gasteiger partial charge in [-0.1, -0.05) is 28.1 Å². The van der Waals surface area contributed by atoms with E-state index in [1.807, 2.05) is 18.2 Å². The molecule has 1 aromatic carbocycles. The zero-order valence-corrected chi connectivity index (χ0v) is 10.7. The molecule has 4 heteroatoms. The van der Waals surface area contributed by atoms with Gasteiger partial charge < -0.3 is 10.8 Å². The van der Waals surface area contributed by atoms with Crippen molar-refractivity contribution in [3.8, 4) is 5.75 Å². The molecule has 1 rings (SSSR count). The highest BCUT2D eigenvalue weighted by Crippen LogP contribution is 2.28. The first-order valence-corrected chi connectivity index (χ1v) is 5.29. The van der Waals surface area contributed by atoms with Crippen molar-refractivity contribution in [2.24, 2.45) is 5.73 Å². The Morgan fingerprint density at radius 1 is 1.53 bits per heavy atom. The maximum Gasteiger partial charge on any atom is 0.121 e. The third-order valence-electron chi connectivity index (χ3n) is 2.07. The van der Waals surface area contributed by atoms with Gasteiger partial charge in [-0.2, -0.15) is 0 Å². The van der Waals surface area contributed by atoms with E-state index in [-0.39, 0.29) is 24.2 Å². The van der Waals surface area contributed by atoms with Gasteiger partial charge in [0.2, 0.25) is 0 Å². The van der Waals surface area contributed by atoms with Crippen LogP contribution in [0.25, 0.3) is 0 Å². The predicted molar refractivity (Wildman–Crippen MR) is 69.4 cm³/mol. The van der Waals surface area contributed by atoms with Crippen molar-refractivity contribution in [2.75, 3.05) is 0 Å². The minimum atomic E-state index is -0.124. The largest absolute Gasteiger partial charge is 0.508 e. The van der Waals surface area contributed by atoms with E-state index in [1.165, 1.54) is 0 Å². The predicted octanol–water partition coefficient (Wildman–Crippen LogP) is 3.54. The zero-order chi connectivity index (χ0) is 10.6. The topological polar surface area (TPSA) is 46.2 Å². The summed E-state index contributed by atoms with van der Waals surface area (Å²) in [4.78, 5) is 0. The number of rotatable bonds is 4. The summed E-state index contributed by atoms with van der Waals surface area (Å²) < 4.78 is 0.856. The summed E-state index contributed by atoms with van der Waals surface area (Å²) in [6, 6.07) is 5.25. The number of nitrogens with two attached hydrogens (primary N) is 1. The average Bonchev–Trinajstić information content (AvgIpc) is 2.14. The van der Waals surface area contributed by atoms with Gasteiger partial charge in [-0.25, -0.2) is 0 Å². The molecule has 84 valence electrons. The van der Waals surface area contributed by atoms with Crippen LogP contribution in [0.15, 0.2) is 35.3 Å². The van der Waals surface area contributed by atoms with Gasteiger partial charge >= 0.3 is 0 Å². The van der Waals surface area contributed by atoms with E-state index in [2.05, 4.69) is 22.5 Å². The summed E-state index contributed by atoms with van der Waals surface area (Å²) in [6.07, 6.45) is 3.49. The van der Waals surface area contributed by atoms with E-state index in [9.17, 15) is 5.11 Å². The molecule has 3 N–H and O–H groups in total. The van der Waals surface area contributed by atoms with Crippen molar-refractivity contribution in [1.82, 2.24) is 0 Å². The maximum absolute atomic E-state index is 9.63. The summed E-state index contributed by atoms with van der Waals surface area (Å²) in [6.45, 7) is 3.64. The Morgan fingerprint density at radius 2 is 2.20 bits per heavy atom. The second kappa shape index (κ2) is 6.88. The minimum Gasteiger partial charge on any atom is -0.508 e. The molecule has 0 bridgehead atoms. The first-order valence-electron chi connectivity index (χ1n) is 4.50. The molecule has 0 aliphatic carbocycles. The Bertz CT molecular complexity index is 330. The lowest BCUT2D eigenvalue weighted by atomic mass is 10.0. The van der Waals surface area contributed by atoms with Crippen molar-refractivity contribution < 1.29 is 5.11 Å². The third kappa shape index (κ3) is 4.24. The lowest BCUT2D eigenvalue weighted by Crippen LogP contribution is -2.09. The highest BCUT2D eigenvalue weighted by atomic mass is 79.9. The van der Waals surface area contributed by atoms with Crippen molar-refractivity contribution in [1.29, 1.82) is 0 Å². The first kappa shape index (κ1) is 14.5. The van der Waals surface area contributed by atoms with Crippen molar-refractivity contribution >= 4 is 28.3 Å². The molecule has 0 spiro atoms. The Balaban J connectivity index is 0.00000196. The third-order valence-corrected chi connectivity index (χ3v) is 2.57. The molecule has 0 saturated carbocycles. The highest BCUT2D eigenvalue weighted by Gasteiger charge is 2.09. The van der Waals surface area contributed by atoms with E-state index >= 15 is 0 Å². The molecule has 0 radical (unpaired) electrons. The normalized spacial score (nSPS) is 11.6. The van der Waals surface area contributed by atoms with E-state index in [0.717, 1.165) is 22.9 Å². The number of allylic oxidation sites excluding steroid dienone is 1. The van der Waals surface area contributed by atoms with Crippen molar-refractivity contribution in [3.05, 3.63) is 40.9 Å². The summed E-state index contributed by atoms with van der Waals surface area (Å²) in [5.41, 5.74) is 6.70.